The highest BCUT2D eigenvalue weighted by atomic mass is 16.5. The Hall–Kier alpha value is -6.76. The van der Waals surface area contributed by atoms with Crippen LogP contribution in [0.15, 0.2) is 36.9 Å². The van der Waals surface area contributed by atoms with Gasteiger partial charge in [-0.15, -0.1) is 0 Å². The van der Waals surface area contributed by atoms with Crippen LogP contribution in [0.4, 0.5) is 0 Å². The zero-order valence-electron chi connectivity index (χ0n) is 31.0. The summed E-state index contributed by atoms with van der Waals surface area (Å²) in [5.41, 5.74) is 4.66. The summed E-state index contributed by atoms with van der Waals surface area (Å²) in [6, 6.07) is 15.8. The maximum absolute atomic E-state index is 12.4. The number of fused-ring (bicyclic) bond motifs is 11. The molecular formula is C42H38N8O4. The predicted molar refractivity (Wildman–Crippen MR) is 202 cm³/mol. The SMILES string of the molecule is C=Cc1c(C)c2cc3[nH]c(cc4nc(cc5nc(cc1[nH]2)C1(C)C5=CCC(C#N)(C#N)C1(C#N)C#N)C(C)=C4CCC(=O)OC)c(CCC(=O)OC)c3C. The zero-order chi connectivity index (χ0) is 39.2. The Labute approximate surface area is 312 Å². The molecule has 0 amide bonds. The van der Waals surface area contributed by atoms with Crippen LogP contribution in [0.5, 0.6) is 0 Å². The molecule has 1 unspecified atom stereocenters. The van der Waals surface area contributed by atoms with Crippen LogP contribution >= 0.6 is 0 Å². The molecule has 3 aromatic rings. The number of hydrogen-bond donors (Lipinski definition) is 2. The van der Waals surface area contributed by atoms with Gasteiger partial charge in [-0.25, -0.2) is 4.98 Å². The van der Waals surface area contributed by atoms with Gasteiger partial charge >= 0.3 is 11.9 Å². The second-order valence-corrected chi connectivity index (χ2v) is 13.9. The summed E-state index contributed by atoms with van der Waals surface area (Å²) < 4.78 is 9.91. The van der Waals surface area contributed by atoms with E-state index in [9.17, 15) is 30.6 Å². The van der Waals surface area contributed by atoms with E-state index in [1.807, 2.05) is 45.0 Å². The fourth-order valence-electron chi connectivity index (χ4n) is 8.10. The van der Waals surface area contributed by atoms with E-state index < -0.39 is 16.2 Å². The molecule has 0 spiro atoms. The number of hydrogen-bond acceptors (Lipinski definition) is 10. The van der Waals surface area contributed by atoms with Gasteiger partial charge in [-0.1, -0.05) is 18.7 Å². The average molecular weight is 719 g/mol. The number of rotatable bonds is 7. The van der Waals surface area contributed by atoms with E-state index in [0.717, 1.165) is 50.0 Å². The monoisotopic (exact) mass is 718 g/mol. The molecule has 5 heterocycles. The summed E-state index contributed by atoms with van der Waals surface area (Å²) in [4.78, 5) is 41.8. The first-order chi connectivity index (χ1) is 25.8. The molecule has 3 aliphatic rings. The van der Waals surface area contributed by atoms with Gasteiger partial charge in [0, 0.05) is 46.9 Å². The Balaban J connectivity index is 1.80. The minimum atomic E-state index is -2.15. The standard InChI is InChI=1S/C42H38N8O4/c1-8-26-23(2)30-15-31-24(3)27(9-11-38(51)53-6)33(47-31)17-34-28(10-12-39(52)54-7)25(4)32(48-34)16-36-29-13-14-41(19-43,20-44)42(21-45,22-46)40(29,5)37(50-36)18-35(26)49-30/h8,13,15-18,47,49H,1,9-12,14H2,2-7H3. The third-order valence-corrected chi connectivity index (χ3v) is 11.4. The number of aromatic amines is 2. The number of nitrogens with zero attached hydrogens (tertiary/aromatic N) is 6. The topological polar surface area (TPSA) is 205 Å². The van der Waals surface area contributed by atoms with Crippen LogP contribution in [0.3, 0.4) is 0 Å². The molecule has 2 N–H and O–H groups in total. The van der Waals surface area contributed by atoms with Gasteiger partial charge in [-0.05, 0) is 98.2 Å². The van der Waals surface area contributed by atoms with Crippen molar-refractivity contribution in [2.45, 2.75) is 65.2 Å². The Bertz CT molecular complexity index is 2550. The lowest BCUT2D eigenvalue weighted by Gasteiger charge is -2.46. The quantitative estimate of drug-likeness (QED) is 0.232. The molecule has 2 aliphatic heterocycles. The normalized spacial score (nSPS) is 17.9. The number of aromatic nitrogens is 4. The summed E-state index contributed by atoms with van der Waals surface area (Å²) in [5, 5.41) is 42.6. The van der Waals surface area contributed by atoms with Gasteiger partial charge < -0.3 is 19.4 Å². The highest BCUT2D eigenvalue weighted by Crippen LogP contribution is 2.64. The van der Waals surface area contributed by atoms with Crippen LogP contribution in [0.25, 0.3) is 44.9 Å². The largest absolute Gasteiger partial charge is 0.469 e. The Morgan fingerprint density at radius 2 is 1.44 bits per heavy atom. The van der Waals surface area contributed by atoms with E-state index in [1.165, 1.54) is 14.2 Å². The molecule has 54 heavy (non-hydrogen) atoms. The molecule has 6 rings (SSSR count). The molecule has 1 aliphatic carbocycles. The molecule has 3 aromatic heterocycles. The predicted octanol–water partition coefficient (Wildman–Crippen LogP) is 7.38. The number of ether oxygens (including phenoxy) is 2. The van der Waals surface area contributed by atoms with Crippen molar-refractivity contribution in [1.29, 1.82) is 21.0 Å². The molecule has 0 saturated carbocycles. The number of nitrogens with one attached hydrogen (secondary N) is 2. The molecule has 0 saturated heterocycles. The number of methoxy groups -OCH3 is 2. The average Bonchev–Trinajstić information content (AvgIpc) is 3.83. The fourth-order valence-corrected chi connectivity index (χ4v) is 8.10. The third-order valence-electron chi connectivity index (χ3n) is 11.4. The third kappa shape index (κ3) is 5.30. The highest BCUT2D eigenvalue weighted by Gasteiger charge is 2.70. The van der Waals surface area contributed by atoms with Crippen molar-refractivity contribution in [1.82, 2.24) is 19.9 Å². The number of carbonyl (C=O) groups excluding carboxylic acids is 2. The zero-order valence-corrected chi connectivity index (χ0v) is 31.0. The van der Waals surface area contributed by atoms with E-state index in [-0.39, 0.29) is 31.2 Å². The summed E-state index contributed by atoms with van der Waals surface area (Å²) >= 11 is 0. The first-order valence-electron chi connectivity index (χ1n) is 17.4. The lowest BCUT2D eigenvalue weighted by molar-refractivity contribution is -0.141. The summed E-state index contributed by atoms with van der Waals surface area (Å²) in [5.74, 6) is -0.715. The van der Waals surface area contributed by atoms with E-state index in [1.54, 1.807) is 31.2 Å². The lowest BCUT2D eigenvalue weighted by atomic mass is 9.46. The van der Waals surface area contributed by atoms with Crippen molar-refractivity contribution in [2.24, 2.45) is 10.8 Å². The van der Waals surface area contributed by atoms with E-state index in [0.29, 0.717) is 46.7 Å². The minimum absolute atomic E-state index is 0.107. The first kappa shape index (κ1) is 37.0. The van der Waals surface area contributed by atoms with Crippen molar-refractivity contribution in [2.75, 3.05) is 14.2 Å². The second kappa shape index (κ2) is 13.7. The van der Waals surface area contributed by atoms with Crippen molar-refractivity contribution in [3.05, 3.63) is 81.9 Å². The molecule has 1 atom stereocenters. The number of allylic oxidation sites excluding steroid dienone is 4. The van der Waals surface area contributed by atoms with Crippen LogP contribution in [0.1, 0.15) is 84.6 Å². The minimum Gasteiger partial charge on any atom is -0.469 e. The smallest absolute Gasteiger partial charge is 0.305 e. The lowest BCUT2D eigenvalue weighted by Crippen LogP contribution is -2.54. The van der Waals surface area contributed by atoms with E-state index in [4.69, 9.17) is 19.4 Å². The molecule has 12 heteroatoms. The Morgan fingerprint density at radius 3 is 2.06 bits per heavy atom. The van der Waals surface area contributed by atoms with Crippen molar-refractivity contribution in [3.8, 4) is 24.3 Å². The van der Waals surface area contributed by atoms with Gasteiger partial charge in [-0.2, -0.15) is 21.0 Å². The van der Waals surface area contributed by atoms with Gasteiger partial charge in [0.1, 0.15) is 0 Å². The van der Waals surface area contributed by atoms with Crippen molar-refractivity contribution in [3.63, 3.8) is 0 Å². The molecular weight excluding hydrogens is 681 g/mol. The maximum Gasteiger partial charge on any atom is 0.305 e. The van der Waals surface area contributed by atoms with Crippen molar-refractivity contribution >= 4 is 56.8 Å². The van der Waals surface area contributed by atoms with Gasteiger partial charge in [0.05, 0.1) is 66.7 Å². The molecule has 0 aromatic carbocycles. The van der Waals surface area contributed by atoms with Crippen LogP contribution in [0.2, 0.25) is 0 Å². The highest BCUT2D eigenvalue weighted by molar-refractivity contribution is 5.94. The number of nitriles is 4. The Kier molecular flexibility index (Phi) is 9.36. The number of H-pyrrole nitrogens is 2. The maximum atomic E-state index is 12.4. The van der Waals surface area contributed by atoms with E-state index in [2.05, 4.69) is 28.7 Å². The van der Waals surface area contributed by atoms with Crippen molar-refractivity contribution < 1.29 is 19.1 Å². The molecule has 0 radical (unpaired) electrons. The molecule has 12 nitrogen and oxygen atoms in total. The van der Waals surface area contributed by atoms with Crippen LogP contribution in [0, 0.1) is 70.0 Å². The van der Waals surface area contributed by atoms with Gasteiger partial charge in [-0.3, -0.25) is 14.6 Å². The Morgan fingerprint density at radius 1 is 0.815 bits per heavy atom. The molecule has 270 valence electrons. The van der Waals surface area contributed by atoms with Gasteiger partial charge in [0.2, 0.25) is 0 Å². The van der Waals surface area contributed by atoms with Gasteiger partial charge in [0.25, 0.3) is 0 Å². The number of esters is 2. The number of carbonyl (C=O) groups is 2. The number of aryl methyl sites for hydroxylation is 3. The van der Waals surface area contributed by atoms with Gasteiger partial charge in [0.15, 0.2) is 10.8 Å². The van der Waals surface area contributed by atoms with Crippen LogP contribution in [-0.2, 0) is 30.9 Å². The molecule has 0 fully saturated rings. The van der Waals surface area contributed by atoms with Crippen LogP contribution in [-0.4, -0.2) is 46.1 Å². The van der Waals surface area contributed by atoms with Crippen LogP contribution < -0.4 is 0 Å². The summed E-state index contributed by atoms with van der Waals surface area (Å²) in [6.07, 6.45) is 4.28. The first-order valence-corrected chi connectivity index (χ1v) is 17.4. The fraction of sp³-hybridized carbons (Fsp3) is 0.333. The van der Waals surface area contributed by atoms with E-state index >= 15 is 0 Å². The molecule has 8 bridgehead atoms. The second-order valence-electron chi connectivity index (χ2n) is 13.9. The summed E-state index contributed by atoms with van der Waals surface area (Å²) in [7, 11) is 2.70. The summed E-state index contributed by atoms with van der Waals surface area (Å²) in [6.45, 7) is 11.6.